The van der Waals surface area contributed by atoms with Gasteiger partial charge >= 0.3 is 0 Å². The second kappa shape index (κ2) is 10.5. The molecule has 6 nitrogen and oxygen atoms in total. The SMILES string of the molecule is CN1C(=O)C(CC(=O)N2CC(F)CC2C(=O)NC(c2ccccc2)c2ccc(C3CC3)c(F)c2)c2ccccc21. The molecule has 3 amide bonds. The molecule has 2 heterocycles. The van der Waals surface area contributed by atoms with E-state index >= 15 is 0 Å². The number of anilines is 1. The van der Waals surface area contributed by atoms with Gasteiger partial charge in [-0.1, -0.05) is 60.7 Å². The fraction of sp³-hybridized carbons (Fsp3) is 0.344. The van der Waals surface area contributed by atoms with E-state index in [1.807, 2.05) is 60.7 Å². The largest absolute Gasteiger partial charge is 0.343 e. The van der Waals surface area contributed by atoms with Crippen molar-refractivity contribution in [2.24, 2.45) is 0 Å². The quantitative estimate of drug-likeness (QED) is 0.456. The lowest BCUT2D eigenvalue weighted by atomic mass is 9.95. The number of likely N-dealkylation sites (N-methyl/N-ethyl adjacent to an activating group) is 1. The molecule has 3 aromatic carbocycles. The van der Waals surface area contributed by atoms with Gasteiger partial charge in [0.2, 0.25) is 17.7 Å². The van der Waals surface area contributed by atoms with Crippen LogP contribution in [-0.2, 0) is 14.4 Å². The molecular formula is C32H31F2N3O3. The minimum atomic E-state index is -1.36. The standard InChI is InChI=1S/C32H31F2N3O3/c1-36-27-10-6-5-9-24(27)25(32(36)40)17-29(38)37-18-22(33)16-28(37)31(39)35-30(20-7-3-2-4-8-20)21-13-14-23(19-11-12-19)26(34)15-21/h2-10,13-15,19,22,25,28,30H,11-12,16-18H2,1H3,(H,35,39). The first-order valence-corrected chi connectivity index (χ1v) is 13.8. The molecule has 3 aliphatic rings. The topological polar surface area (TPSA) is 69.7 Å². The molecule has 40 heavy (non-hydrogen) atoms. The summed E-state index contributed by atoms with van der Waals surface area (Å²) in [5, 5.41) is 2.97. The van der Waals surface area contributed by atoms with Gasteiger partial charge in [0.1, 0.15) is 18.0 Å². The van der Waals surface area contributed by atoms with Crippen LogP contribution in [0, 0.1) is 5.82 Å². The number of carbonyl (C=O) groups is 3. The Kier molecular flexibility index (Phi) is 6.86. The van der Waals surface area contributed by atoms with E-state index in [-0.39, 0.29) is 37.0 Å². The molecule has 0 bridgehead atoms. The van der Waals surface area contributed by atoms with Crippen molar-refractivity contribution in [3.05, 3.63) is 101 Å². The van der Waals surface area contributed by atoms with Crippen molar-refractivity contribution in [1.82, 2.24) is 10.2 Å². The average molecular weight is 544 g/mol. The van der Waals surface area contributed by atoms with Crippen molar-refractivity contribution in [3.8, 4) is 0 Å². The number of halogens is 2. The van der Waals surface area contributed by atoms with Crippen LogP contribution in [0.5, 0.6) is 0 Å². The molecule has 2 aliphatic heterocycles. The van der Waals surface area contributed by atoms with Crippen molar-refractivity contribution >= 4 is 23.4 Å². The average Bonchev–Trinajstić information content (AvgIpc) is 3.69. The maximum atomic E-state index is 15.0. The molecule has 4 unspecified atom stereocenters. The number of nitrogens with zero attached hydrogens (tertiary/aromatic N) is 2. The fourth-order valence-corrected chi connectivity index (χ4v) is 6.06. The highest BCUT2D eigenvalue weighted by Gasteiger charge is 2.43. The van der Waals surface area contributed by atoms with Crippen LogP contribution >= 0.6 is 0 Å². The summed E-state index contributed by atoms with van der Waals surface area (Å²) in [4.78, 5) is 42.8. The van der Waals surface area contributed by atoms with Gasteiger partial charge in [0, 0.05) is 25.6 Å². The molecule has 1 saturated heterocycles. The highest BCUT2D eigenvalue weighted by atomic mass is 19.1. The highest BCUT2D eigenvalue weighted by Crippen LogP contribution is 2.42. The molecule has 206 valence electrons. The molecule has 3 aromatic rings. The second-order valence-electron chi connectivity index (χ2n) is 11.0. The van der Waals surface area contributed by atoms with Crippen LogP contribution in [0.15, 0.2) is 72.8 Å². The number of nitrogens with one attached hydrogen (secondary N) is 1. The normalized spacial score (nSPS) is 22.8. The smallest absolute Gasteiger partial charge is 0.243 e. The van der Waals surface area contributed by atoms with Crippen molar-refractivity contribution in [2.45, 2.75) is 55.8 Å². The summed E-state index contributed by atoms with van der Waals surface area (Å²) >= 11 is 0. The van der Waals surface area contributed by atoms with Gasteiger partial charge in [-0.15, -0.1) is 0 Å². The van der Waals surface area contributed by atoms with E-state index < -0.39 is 36.0 Å². The van der Waals surface area contributed by atoms with Gasteiger partial charge in [0.05, 0.1) is 18.5 Å². The zero-order valence-corrected chi connectivity index (χ0v) is 22.2. The van der Waals surface area contributed by atoms with Crippen LogP contribution in [0.4, 0.5) is 14.5 Å². The lowest BCUT2D eigenvalue weighted by Crippen LogP contribution is -2.47. The number of rotatable bonds is 7. The Balaban J connectivity index is 1.23. The summed E-state index contributed by atoms with van der Waals surface area (Å²) in [6, 6.07) is 19.8. The van der Waals surface area contributed by atoms with Crippen LogP contribution in [0.2, 0.25) is 0 Å². The maximum Gasteiger partial charge on any atom is 0.243 e. The minimum absolute atomic E-state index is 0.136. The van der Waals surface area contributed by atoms with Gasteiger partial charge in [-0.3, -0.25) is 14.4 Å². The van der Waals surface area contributed by atoms with E-state index in [0.29, 0.717) is 11.1 Å². The van der Waals surface area contributed by atoms with Crippen LogP contribution < -0.4 is 10.2 Å². The fourth-order valence-electron chi connectivity index (χ4n) is 6.06. The first kappa shape index (κ1) is 26.2. The molecule has 0 aromatic heterocycles. The Morgan fingerprint density at radius 2 is 1.70 bits per heavy atom. The van der Waals surface area contributed by atoms with Crippen LogP contribution in [-0.4, -0.2) is 48.4 Å². The van der Waals surface area contributed by atoms with E-state index in [4.69, 9.17) is 0 Å². The Morgan fingerprint density at radius 1 is 0.975 bits per heavy atom. The number of carbonyl (C=O) groups excluding carboxylic acids is 3. The third kappa shape index (κ3) is 4.87. The van der Waals surface area contributed by atoms with Gasteiger partial charge in [0.25, 0.3) is 0 Å². The monoisotopic (exact) mass is 543 g/mol. The zero-order chi connectivity index (χ0) is 28.0. The van der Waals surface area contributed by atoms with Crippen molar-refractivity contribution in [1.29, 1.82) is 0 Å². The van der Waals surface area contributed by atoms with Gasteiger partial charge in [-0.2, -0.15) is 0 Å². The Bertz CT molecular complexity index is 1460. The summed E-state index contributed by atoms with van der Waals surface area (Å²) in [7, 11) is 1.67. The first-order chi connectivity index (χ1) is 19.3. The van der Waals surface area contributed by atoms with Crippen molar-refractivity contribution in [3.63, 3.8) is 0 Å². The van der Waals surface area contributed by atoms with E-state index in [1.165, 1.54) is 15.9 Å². The third-order valence-corrected chi connectivity index (χ3v) is 8.35. The van der Waals surface area contributed by atoms with Crippen LogP contribution in [0.1, 0.15) is 65.8 Å². The molecule has 6 rings (SSSR count). The Labute approximate surface area is 232 Å². The summed E-state index contributed by atoms with van der Waals surface area (Å²) in [5.41, 5.74) is 3.50. The molecule has 8 heteroatoms. The molecule has 4 atom stereocenters. The first-order valence-electron chi connectivity index (χ1n) is 13.8. The minimum Gasteiger partial charge on any atom is -0.343 e. The Hall–Kier alpha value is -4.07. The number of amides is 3. The van der Waals surface area contributed by atoms with Crippen LogP contribution in [0.25, 0.3) is 0 Å². The lowest BCUT2D eigenvalue weighted by Gasteiger charge is -2.27. The number of alkyl halides is 1. The molecule has 1 saturated carbocycles. The summed E-state index contributed by atoms with van der Waals surface area (Å²) in [5.74, 6) is -1.89. The van der Waals surface area contributed by atoms with E-state index in [2.05, 4.69) is 5.32 Å². The van der Waals surface area contributed by atoms with Gasteiger partial charge < -0.3 is 15.1 Å². The third-order valence-electron chi connectivity index (χ3n) is 8.35. The van der Waals surface area contributed by atoms with Crippen molar-refractivity contribution < 1.29 is 23.2 Å². The highest BCUT2D eigenvalue weighted by molar-refractivity contribution is 6.06. The van der Waals surface area contributed by atoms with Gasteiger partial charge in [-0.05, 0) is 53.1 Å². The molecule has 1 N–H and O–H groups in total. The molecule has 0 spiro atoms. The number of hydrogen-bond acceptors (Lipinski definition) is 3. The van der Waals surface area contributed by atoms with Gasteiger partial charge in [0.15, 0.2) is 0 Å². The second-order valence-corrected chi connectivity index (χ2v) is 11.0. The summed E-state index contributed by atoms with van der Waals surface area (Å²) < 4.78 is 29.7. The molecule has 0 radical (unpaired) electrons. The Morgan fingerprint density at radius 3 is 2.42 bits per heavy atom. The number of fused-ring (bicyclic) bond motifs is 1. The van der Waals surface area contributed by atoms with E-state index in [1.54, 1.807) is 13.1 Å². The number of para-hydroxylation sites is 1. The number of likely N-dealkylation sites (tertiary alicyclic amines) is 1. The van der Waals surface area contributed by atoms with E-state index in [0.717, 1.165) is 29.7 Å². The van der Waals surface area contributed by atoms with Crippen molar-refractivity contribution in [2.75, 3.05) is 18.5 Å². The predicted octanol–water partition coefficient (Wildman–Crippen LogP) is 5.00. The zero-order valence-electron chi connectivity index (χ0n) is 22.2. The summed E-state index contributed by atoms with van der Waals surface area (Å²) in [6.07, 6.45) is 0.300. The maximum absolute atomic E-state index is 15.0. The summed E-state index contributed by atoms with van der Waals surface area (Å²) in [6.45, 7) is -0.212. The lowest BCUT2D eigenvalue weighted by molar-refractivity contribution is -0.139. The van der Waals surface area contributed by atoms with E-state index in [9.17, 15) is 23.2 Å². The van der Waals surface area contributed by atoms with Crippen LogP contribution in [0.3, 0.4) is 0 Å². The molecule has 1 aliphatic carbocycles. The number of hydrogen-bond donors (Lipinski definition) is 1. The molecular weight excluding hydrogens is 512 g/mol. The molecule has 2 fully saturated rings. The van der Waals surface area contributed by atoms with Gasteiger partial charge in [-0.25, -0.2) is 8.78 Å². The number of benzene rings is 3. The predicted molar refractivity (Wildman–Crippen MR) is 147 cm³/mol.